The zero-order chi connectivity index (χ0) is 12.3. The van der Waals surface area contributed by atoms with Crippen molar-refractivity contribution in [2.24, 2.45) is 5.16 Å². The van der Waals surface area contributed by atoms with E-state index in [0.29, 0.717) is 6.42 Å². The summed E-state index contributed by atoms with van der Waals surface area (Å²) in [6, 6.07) is 7.60. The summed E-state index contributed by atoms with van der Waals surface area (Å²) in [5.41, 5.74) is 2.59. The van der Waals surface area contributed by atoms with Gasteiger partial charge in [0.1, 0.15) is 5.75 Å². The Morgan fingerprint density at radius 3 is 2.76 bits per heavy atom. The summed E-state index contributed by atoms with van der Waals surface area (Å²) in [5, 5.41) is 12.9. The van der Waals surface area contributed by atoms with Crippen LogP contribution >= 0.6 is 0 Å². The lowest BCUT2D eigenvalue weighted by atomic mass is 9.99. The number of hydrogen-bond acceptors (Lipinski definition) is 4. The molecule has 1 atom stereocenters. The molecule has 1 aromatic carbocycles. The van der Waals surface area contributed by atoms with Gasteiger partial charge in [-0.1, -0.05) is 23.9 Å². The molecule has 2 rings (SSSR count). The Kier molecular flexibility index (Phi) is 3.44. The zero-order valence-corrected chi connectivity index (χ0v) is 9.72. The molecule has 0 amide bonds. The van der Waals surface area contributed by atoms with Gasteiger partial charge in [-0.15, -0.1) is 0 Å². The van der Waals surface area contributed by atoms with E-state index in [1.165, 1.54) is 0 Å². The van der Waals surface area contributed by atoms with Gasteiger partial charge in [0, 0.05) is 6.42 Å². The number of aliphatic hydroxyl groups is 1. The molecule has 0 bridgehead atoms. The highest BCUT2D eigenvalue weighted by Crippen LogP contribution is 2.23. The van der Waals surface area contributed by atoms with Gasteiger partial charge in [0.25, 0.3) is 0 Å². The molecule has 1 N–H and O–H groups in total. The number of ether oxygens (including phenoxy) is 1. The van der Waals surface area contributed by atoms with E-state index in [0.717, 1.165) is 22.6 Å². The number of oxime groups is 1. The van der Waals surface area contributed by atoms with Gasteiger partial charge in [0.2, 0.25) is 0 Å². The maximum atomic E-state index is 8.96. The van der Waals surface area contributed by atoms with E-state index in [-0.39, 0.29) is 12.7 Å². The Morgan fingerprint density at radius 1 is 1.53 bits per heavy atom. The fourth-order valence-corrected chi connectivity index (χ4v) is 1.66. The first kappa shape index (κ1) is 11.7. The van der Waals surface area contributed by atoms with Crippen LogP contribution in [0, 0.1) is 0 Å². The molecular formula is C13H15NO3. The van der Waals surface area contributed by atoms with Gasteiger partial charge in [0.15, 0.2) is 6.10 Å². The smallest absolute Gasteiger partial charge is 0.156 e. The van der Waals surface area contributed by atoms with Crippen molar-refractivity contribution >= 4 is 11.3 Å². The van der Waals surface area contributed by atoms with E-state index in [4.69, 9.17) is 14.7 Å². The second-order valence-electron chi connectivity index (χ2n) is 3.86. The molecule has 90 valence electrons. The number of nitrogens with zero attached hydrogens (tertiary/aromatic N) is 1. The Morgan fingerprint density at radius 2 is 2.24 bits per heavy atom. The summed E-state index contributed by atoms with van der Waals surface area (Å²) in [7, 11) is 1.63. The summed E-state index contributed by atoms with van der Waals surface area (Å²) in [4.78, 5) is 5.05. The van der Waals surface area contributed by atoms with Gasteiger partial charge in [-0.05, 0) is 23.3 Å². The topological polar surface area (TPSA) is 51.0 Å². The minimum atomic E-state index is -0.236. The average Bonchev–Trinajstić information content (AvgIpc) is 2.87. The predicted molar refractivity (Wildman–Crippen MR) is 66.0 cm³/mol. The minimum absolute atomic E-state index is 0.0249. The quantitative estimate of drug-likeness (QED) is 0.863. The lowest BCUT2D eigenvalue weighted by Gasteiger charge is -2.06. The van der Waals surface area contributed by atoms with Crippen LogP contribution < -0.4 is 4.74 Å². The van der Waals surface area contributed by atoms with Gasteiger partial charge >= 0.3 is 0 Å². The van der Waals surface area contributed by atoms with Crippen LogP contribution in [0.3, 0.4) is 0 Å². The first-order valence-electron chi connectivity index (χ1n) is 5.42. The summed E-state index contributed by atoms with van der Waals surface area (Å²) < 4.78 is 5.09. The van der Waals surface area contributed by atoms with Crippen molar-refractivity contribution in [1.29, 1.82) is 0 Å². The molecule has 0 saturated heterocycles. The lowest BCUT2D eigenvalue weighted by molar-refractivity contribution is 0.0390. The van der Waals surface area contributed by atoms with Crippen LogP contribution in [0.15, 0.2) is 36.0 Å². The largest absolute Gasteiger partial charge is 0.497 e. The van der Waals surface area contributed by atoms with Crippen molar-refractivity contribution in [1.82, 2.24) is 0 Å². The van der Waals surface area contributed by atoms with Crippen molar-refractivity contribution in [2.45, 2.75) is 12.5 Å². The highest BCUT2D eigenvalue weighted by atomic mass is 16.6. The third-order valence-corrected chi connectivity index (χ3v) is 2.72. The lowest BCUT2D eigenvalue weighted by Crippen LogP contribution is -2.12. The van der Waals surface area contributed by atoms with Crippen molar-refractivity contribution in [3.63, 3.8) is 0 Å². The van der Waals surface area contributed by atoms with Gasteiger partial charge in [-0.2, -0.15) is 0 Å². The summed E-state index contributed by atoms with van der Waals surface area (Å²) in [5.74, 6) is 0.805. The van der Waals surface area contributed by atoms with Gasteiger partial charge in [-0.3, -0.25) is 0 Å². The number of allylic oxidation sites excluding steroid dienone is 1. The molecular weight excluding hydrogens is 218 g/mol. The molecule has 0 radical (unpaired) electrons. The Bertz CT molecular complexity index is 436. The highest BCUT2D eigenvalue weighted by Gasteiger charge is 2.22. The van der Waals surface area contributed by atoms with Crippen molar-refractivity contribution in [3.05, 3.63) is 36.4 Å². The fourth-order valence-electron chi connectivity index (χ4n) is 1.66. The molecule has 1 aliphatic rings. The number of methoxy groups -OCH3 is 1. The van der Waals surface area contributed by atoms with Crippen LogP contribution in [-0.2, 0) is 4.84 Å². The van der Waals surface area contributed by atoms with E-state index in [1.54, 1.807) is 7.11 Å². The first-order valence-corrected chi connectivity index (χ1v) is 5.42. The molecule has 1 aromatic rings. The van der Waals surface area contributed by atoms with Crippen LogP contribution in [-0.4, -0.2) is 30.6 Å². The Balaban J connectivity index is 2.09. The van der Waals surface area contributed by atoms with Crippen LogP contribution in [0.2, 0.25) is 0 Å². The predicted octanol–water partition coefficient (Wildman–Crippen LogP) is 1.85. The number of aliphatic hydroxyl groups excluding tert-OH is 1. The zero-order valence-electron chi connectivity index (χ0n) is 9.72. The first-order chi connectivity index (χ1) is 8.24. The van der Waals surface area contributed by atoms with Crippen LogP contribution in [0.25, 0.3) is 5.57 Å². The van der Waals surface area contributed by atoms with Gasteiger partial charge in [-0.25, -0.2) is 0 Å². The molecule has 0 saturated carbocycles. The van der Waals surface area contributed by atoms with E-state index in [1.807, 2.05) is 24.3 Å². The van der Waals surface area contributed by atoms with Crippen molar-refractivity contribution < 1.29 is 14.7 Å². The van der Waals surface area contributed by atoms with E-state index in [2.05, 4.69) is 11.7 Å². The highest BCUT2D eigenvalue weighted by molar-refractivity contribution is 6.23. The number of rotatable bonds is 4. The van der Waals surface area contributed by atoms with Gasteiger partial charge in [0.05, 0.1) is 19.4 Å². The van der Waals surface area contributed by atoms with Crippen LogP contribution in [0.1, 0.15) is 12.0 Å². The second-order valence-corrected chi connectivity index (χ2v) is 3.86. The molecule has 1 heterocycles. The van der Waals surface area contributed by atoms with Crippen molar-refractivity contribution in [2.75, 3.05) is 13.7 Å². The molecule has 0 aliphatic carbocycles. The van der Waals surface area contributed by atoms with Crippen LogP contribution in [0.4, 0.5) is 0 Å². The van der Waals surface area contributed by atoms with E-state index >= 15 is 0 Å². The molecule has 0 aromatic heterocycles. The SMILES string of the molecule is C=C(C1=NO[C@H](CO)C1)c1ccc(OC)cc1. The third kappa shape index (κ3) is 2.47. The van der Waals surface area contributed by atoms with Gasteiger partial charge < -0.3 is 14.7 Å². The van der Waals surface area contributed by atoms with E-state index in [9.17, 15) is 0 Å². The molecule has 0 fully saturated rings. The monoisotopic (exact) mass is 233 g/mol. The summed E-state index contributed by atoms with van der Waals surface area (Å²) >= 11 is 0. The maximum absolute atomic E-state index is 8.96. The number of hydrogen-bond donors (Lipinski definition) is 1. The Hall–Kier alpha value is -1.81. The molecule has 0 unspecified atom stereocenters. The second kappa shape index (κ2) is 5.01. The molecule has 17 heavy (non-hydrogen) atoms. The van der Waals surface area contributed by atoms with Crippen molar-refractivity contribution in [3.8, 4) is 5.75 Å². The number of benzene rings is 1. The summed E-state index contributed by atoms with van der Waals surface area (Å²) in [6.07, 6.45) is 0.362. The third-order valence-electron chi connectivity index (χ3n) is 2.72. The molecule has 4 nitrogen and oxygen atoms in total. The Labute approximate surface area is 100 Å². The standard InChI is InChI=1S/C13H15NO3/c1-9(13-7-12(8-15)17-14-13)10-3-5-11(16-2)6-4-10/h3-6,12,15H,1,7-8H2,2H3/t12-/m0/s1. The molecule has 1 aliphatic heterocycles. The molecule has 0 spiro atoms. The fraction of sp³-hybridized carbons (Fsp3) is 0.308. The minimum Gasteiger partial charge on any atom is -0.497 e. The maximum Gasteiger partial charge on any atom is 0.156 e. The molecule has 4 heteroatoms. The van der Waals surface area contributed by atoms with Crippen LogP contribution in [0.5, 0.6) is 5.75 Å². The van der Waals surface area contributed by atoms with E-state index < -0.39 is 0 Å². The summed E-state index contributed by atoms with van der Waals surface area (Å²) in [6.45, 7) is 3.97. The average molecular weight is 233 g/mol. The normalized spacial score (nSPS) is 18.5.